The molecule has 2 aliphatic heterocycles. The highest BCUT2D eigenvalue weighted by Crippen LogP contribution is 2.35. The Morgan fingerprint density at radius 3 is 2.77 bits per heavy atom. The van der Waals surface area contributed by atoms with Gasteiger partial charge in [0.15, 0.2) is 0 Å². The Balaban J connectivity index is 1.51. The number of likely N-dealkylation sites (tertiary alicyclic amines) is 1. The number of rotatable bonds is 4. The van der Waals surface area contributed by atoms with Crippen molar-refractivity contribution in [1.29, 1.82) is 0 Å². The summed E-state index contributed by atoms with van der Waals surface area (Å²) in [6.45, 7) is 5.15. The predicted octanol–water partition coefficient (Wildman–Crippen LogP) is 2.63. The van der Waals surface area contributed by atoms with Crippen LogP contribution < -0.4 is 10.1 Å². The van der Waals surface area contributed by atoms with E-state index in [4.69, 9.17) is 4.74 Å². The van der Waals surface area contributed by atoms with Crippen molar-refractivity contribution in [3.8, 4) is 5.75 Å². The van der Waals surface area contributed by atoms with E-state index in [9.17, 15) is 13.2 Å². The minimum Gasteiger partial charge on any atom is -0.492 e. The fourth-order valence-electron chi connectivity index (χ4n) is 3.42. The largest absolute Gasteiger partial charge is 0.492 e. The average Bonchev–Trinajstić information content (AvgIpc) is 2.94. The average molecular weight is 314 g/mol. The summed E-state index contributed by atoms with van der Waals surface area (Å²) in [5, 5.41) is 3.41. The molecule has 2 unspecified atom stereocenters. The van der Waals surface area contributed by atoms with E-state index in [1.54, 1.807) is 6.07 Å². The summed E-state index contributed by atoms with van der Waals surface area (Å²) in [7, 11) is 0. The second-order valence-electron chi connectivity index (χ2n) is 6.11. The Labute approximate surface area is 128 Å². The normalized spacial score (nSPS) is 26.0. The maximum atomic E-state index is 12.9. The number of nitrogens with one attached hydrogen (secondary N) is 1. The molecule has 2 fully saturated rings. The third-order valence-electron chi connectivity index (χ3n) is 4.65. The van der Waals surface area contributed by atoms with E-state index in [1.165, 1.54) is 12.1 Å². The molecule has 1 aromatic rings. The molecule has 2 atom stereocenters. The number of hydrogen-bond acceptors (Lipinski definition) is 3. The van der Waals surface area contributed by atoms with E-state index < -0.39 is 11.7 Å². The van der Waals surface area contributed by atoms with Gasteiger partial charge in [-0.2, -0.15) is 13.2 Å². The van der Waals surface area contributed by atoms with Gasteiger partial charge in [-0.1, -0.05) is 12.1 Å². The van der Waals surface area contributed by atoms with Gasteiger partial charge in [0, 0.05) is 13.1 Å². The molecule has 3 nitrogen and oxygen atoms in total. The Kier molecular flexibility index (Phi) is 4.59. The van der Waals surface area contributed by atoms with Gasteiger partial charge in [-0.05, 0) is 50.0 Å². The van der Waals surface area contributed by atoms with Crippen molar-refractivity contribution in [3.63, 3.8) is 0 Å². The van der Waals surface area contributed by atoms with Gasteiger partial charge in [0.25, 0.3) is 0 Å². The second kappa shape index (κ2) is 6.46. The zero-order chi connectivity index (χ0) is 15.6. The summed E-state index contributed by atoms with van der Waals surface area (Å²) in [5.41, 5.74) is -0.700. The van der Waals surface area contributed by atoms with Crippen molar-refractivity contribution < 1.29 is 17.9 Å². The van der Waals surface area contributed by atoms with Crippen LogP contribution >= 0.6 is 0 Å². The van der Waals surface area contributed by atoms with Crippen LogP contribution in [0.15, 0.2) is 24.3 Å². The van der Waals surface area contributed by atoms with Crippen LogP contribution in [0.25, 0.3) is 0 Å². The van der Waals surface area contributed by atoms with Gasteiger partial charge in [0.2, 0.25) is 0 Å². The summed E-state index contributed by atoms with van der Waals surface area (Å²) in [6.07, 6.45) is -3.21. The van der Waals surface area contributed by atoms with E-state index >= 15 is 0 Å². The lowest BCUT2D eigenvalue weighted by atomic mass is 9.89. The van der Waals surface area contributed by atoms with Crippen molar-refractivity contribution in [3.05, 3.63) is 29.8 Å². The number of ether oxygens (including phenoxy) is 1. The summed E-state index contributed by atoms with van der Waals surface area (Å²) in [6, 6.07) is 5.40. The highest BCUT2D eigenvalue weighted by Gasteiger charge is 2.34. The molecule has 122 valence electrons. The van der Waals surface area contributed by atoms with Gasteiger partial charge in [-0.15, -0.1) is 0 Å². The van der Waals surface area contributed by atoms with E-state index in [2.05, 4.69) is 10.2 Å². The first-order chi connectivity index (χ1) is 10.5. The quantitative estimate of drug-likeness (QED) is 0.924. The predicted molar refractivity (Wildman–Crippen MR) is 77.8 cm³/mol. The number of fused-ring (bicyclic) bond motifs is 1. The molecular formula is C16H21F3N2O. The van der Waals surface area contributed by atoms with E-state index in [0.717, 1.165) is 44.6 Å². The van der Waals surface area contributed by atoms with E-state index in [0.29, 0.717) is 12.5 Å². The number of alkyl halides is 3. The SMILES string of the molecule is FC(F)(F)c1ccccc1OCCN1CCC2CNCC2C1. The van der Waals surface area contributed by atoms with Gasteiger partial charge in [-0.25, -0.2) is 0 Å². The first-order valence-corrected chi connectivity index (χ1v) is 7.76. The molecule has 3 rings (SSSR count). The van der Waals surface area contributed by atoms with Gasteiger partial charge in [-0.3, -0.25) is 4.90 Å². The minimum atomic E-state index is -4.37. The van der Waals surface area contributed by atoms with Crippen LogP contribution in [0.1, 0.15) is 12.0 Å². The lowest BCUT2D eigenvalue weighted by Crippen LogP contribution is -2.41. The Bertz CT molecular complexity index is 506. The number of piperidine rings is 1. The molecule has 0 amide bonds. The van der Waals surface area contributed by atoms with Gasteiger partial charge >= 0.3 is 6.18 Å². The Hall–Kier alpha value is -1.27. The van der Waals surface area contributed by atoms with Crippen molar-refractivity contribution in [1.82, 2.24) is 10.2 Å². The van der Waals surface area contributed by atoms with E-state index in [-0.39, 0.29) is 12.4 Å². The van der Waals surface area contributed by atoms with E-state index in [1.807, 2.05) is 0 Å². The molecule has 2 aliphatic rings. The molecule has 2 saturated heterocycles. The fraction of sp³-hybridized carbons (Fsp3) is 0.625. The molecule has 0 saturated carbocycles. The maximum absolute atomic E-state index is 12.9. The molecular weight excluding hydrogens is 293 g/mol. The molecule has 0 spiro atoms. The highest BCUT2D eigenvalue weighted by atomic mass is 19.4. The number of hydrogen-bond donors (Lipinski definition) is 1. The smallest absolute Gasteiger partial charge is 0.419 e. The summed E-state index contributed by atoms with van der Waals surface area (Å²) in [4.78, 5) is 2.30. The number of benzene rings is 1. The zero-order valence-corrected chi connectivity index (χ0v) is 12.4. The molecule has 1 aromatic carbocycles. The van der Waals surface area contributed by atoms with Crippen LogP contribution in [0, 0.1) is 11.8 Å². The van der Waals surface area contributed by atoms with Gasteiger partial charge in [0.1, 0.15) is 12.4 Å². The van der Waals surface area contributed by atoms with Crippen molar-refractivity contribution >= 4 is 0 Å². The van der Waals surface area contributed by atoms with Gasteiger partial charge < -0.3 is 10.1 Å². The summed E-state index contributed by atoms with van der Waals surface area (Å²) in [5.74, 6) is 1.37. The lowest BCUT2D eigenvalue weighted by molar-refractivity contribution is -0.139. The van der Waals surface area contributed by atoms with Crippen molar-refractivity contribution in [2.45, 2.75) is 12.6 Å². The van der Waals surface area contributed by atoms with Crippen LogP contribution in [0.3, 0.4) is 0 Å². The third-order valence-corrected chi connectivity index (χ3v) is 4.65. The zero-order valence-electron chi connectivity index (χ0n) is 12.4. The lowest BCUT2D eigenvalue weighted by Gasteiger charge is -2.34. The molecule has 6 heteroatoms. The second-order valence-corrected chi connectivity index (χ2v) is 6.11. The van der Waals surface area contributed by atoms with Gasteiger partial charge in [0.05, 0.1) is 5.56 Å². The minimum absolute atomic E-state index is 0.0765. The molecule has 1 N–H and O–H groups in total. The topological polar surface area (TPSA) is 24.5 Å². The van der Waals surface area contributed by atoms with Crippen molar-refractivity contribution in [2.75, 3.05) is 39.3 Å². The highest BCUT2D eigenvalue weighted by molar-refractivity contribution is 5.35. The standard InChI is InChI=1S/C16H21F3N2O/c17-16(18,19)14-3-1-2-4-15(14)22-8-7-21-6-5-12-9-20-10-13(12)11-21/h1-4,12-13,20H,5-11H2. The van der Waals surface area contributed by atoms with Crippen LogP contribution in [-0.2, 0) is 6.18 Å². The molecule has 0 aliphatic carbocycles. The molecule has 0 bridgehead atoms. The molecule has 2 heterocycles. The molecule has 0 aromatic heterocycles. The van der Waals surface area contributed by atoms with Crippen LogP contribution in [0.2, 0.25) is 0 Å². The Morgan fingerprint density at radius 1 is 1.18 bits per heavy atom. The van der Waals surface area contributed by atoms with Crippen molar-refractivity contribution in [2.24, 2.45) is 11.8 Å². The monoisotopic (exact) mass is 314 g/mol. The van der Waals surface area contributed by atoms with Crippen LogP contribution in [0.5, 0.6) is 5.75 Å². The maximum Gasteiger partial charge on any atom is 0.419 e. The number of para-hydroxylation sites is 1. The van der Waals surface area contributed by atoms with Crippen LogP contribution in [-0.4, -0.2) is 44.2 Å². The first kappa shape index (κ1) is 15.6. The summed E-state index contributed by atoms with van der Waals surface area (Å²) >= 11 is 0. The number of nitrogens with zero attached hydrogens (tertiary/aromatic N) is 1. The van der Waals surface area contributed by atoms with Crippen LogP contribution in [0.4, 0.5) is 13.2 Å². The summed E-state index contributed by atoms with van der Waals surface area (Å²) < 4.78 is 44.0. The molecule has 22 heavy (non-hydrogen) atoms. The fourth-order valence-corrected chi connectivity index (χ4v) is 3.42. The molecule has 0 radical (unpaired) electrons. The third kappa shape index (κ3) is 3.55. The Morgan fingerprint density at radius 2 is 1.95 bits per heavy atom. The number of halogens is 3. The first-order valence-electron chi connectivity index (χ1n) is 7.76.